The third-order valence-corrected chi connectivity index (χ3v) is 3.32. The molecule has 0 spiro atoms. The fourth-order valence-electron chi connectivity index (χ4n) is 2.19. The van der Waals surface area contributed by atoms with Crippen LogP contribution in [-0.4, -0.2) is 37.0 Å². The molecule has 2 rings (SSSR count). The molecule has 1 saturated heterocycles. The molecule has 3 nitrogen and oxygen atoms in total. The van der Waals surface area contributed by atoms with Crippen molar-refractivity contribution >= 4 is 5.91 Å². The van der Waals surface area contributed by atoms with E-state index in [0.717, 1.165) is 18.6 Å². The molecule has 1 aromatic rings. The number of halogens is 3. The summed E-state index contributed by atoms with van der Waals surface area (Å²) in [5, 5.41) is 3.06. The average molecular weight is 272 g/mol. The number of hydrogen-bond acceptors (Lipinski definition) is 2. The van der Waals surface area contributed by atoms with Gasteiger partial charge in [-0.3, -0.25) is 4.79 Å². The zero-order valence-corrected chi connectivity index (χ0v) is 10.5. The highest BCUT2D eigenvalue weighted by Crippen LogP contribution is 2.30. The van der Waals surface area contributed by atoms with E-state index in [1.165, 1.54) is 12.1 Å². The molecule has 0 aromatic heterocycles. The van der Waals surface area contributed by atoms with E-state index < -0.39 is 11.7 Å². The summed E-state index contributed by atoms with van der Waals surface area (Å²) in [7, 11) is 1.81. The van der Waals surface area contributed by atoms with Crippen LogP contribution in [0.2, 0.25) is 0 Å². The van der Waals surface area contributed by atoms with Crippen LogP contribution in [0.3, 0.4) is 0 Å². The Labute approximate surface area is 109 Å². The van der Waals surface area contributed by atoms with E-state index in [1.807, 2.05) is 7.05 Å². The summed E-state index contributed by atoms with van der Waals surface area (Å²) in [6.45, 7) is 1.10. The number of nitrogens with one attached hydrogen (secondary N) is 1. The van der Waals surface area contributed by atoms with Crippen LogP contribution in [-0.2, 0) is 6.18 Å². The molecule has 1 aliphatic rings. The van der Waals surface area contributed by atoms with Gasteiger partial charge >= 0.3 is 6.18 Å². The van der Waals surface area contributed by atoms with E-state index in [2.05, 4.69) is 5.32 Å². The number of hydrogen-bond donors (Lipinski definition) is 1. The van der Waals surface area contributed by atoms with Gasteiger partial charge in [0.15, 0.2) is 0 Å². The molecule has 19 heavy (non-hydrogen) atoms. The number of amides is 1. The Morgan fingerprint density at radius 2 is 2.16 bits per heavy atom. The van der Waals surface area contributed by atoms with Gasteiger partial charge in [-0.25, -0.2) is 0 Å². The van der Waals surface area contributed by atoms with Crippen molar-refractivity contribution in [3.8, 4) is 0 Å². The Hall–Kier alpha value is -1.56. The van der Waals surface area contributed by atoms with Crippen molar-refractivity contribution in [2.75, 3.05) is 20.1 Å². The quantitative estimate of drug-likeness (QED) is 0.894. The van der Waals surface area contributed by atoms with Gasteiger partial charge in [0, 0.05) is 24.7 Å². The molecular weight excluding hydrogens is 257 g/mol. The van der Waals surface area contributed by atoms with Crippen LogP contribution in [0.4, 0.5) is 13.2 Å². The Kier molecular flexibility index (Phi) is 3.80. The number of likely N-dealkylation sites (N-methyl/N-ethyl adjacent to an activating group) is 1. The van der Waals surface area contributed by atoms with Crippen LogP contribution in [0.25, 0.3) is 0 Å². The molecule has 1 N–H and O–H groups in total. The van der Waals surface area contributed by atoms with Gasteiger partial charge in [-0.2, -0.15) is 13.2 Å². The Balaban J connectivity index is 2.16. The summed E-state index contributed by atoms with van der Waals surface area (Å²) >= 11 is 0. The minimum Gasteiger partial charge on any atom is -0.337 e. The van der Waals surface area contributed by atoms with Gasteiger partial charge < -0.3 is 10.2 Å². The zero-order chi connectivity index (χ0) is 14.0. The summed E-state index contributed by atoms with van der Waals surface area (Å²) in [5.41, 5.74) is -0.700. The molecule has 1 fully saturated rings. The Morgan fingerprint density at radius 1 is 1.42 bits per heavy atom. The molecule has 0 radical (unpaired) electrons. The second-order valence-electron chi connectivity index (χ2n) is 4.60. The van der Waals surface area contributed by atoms with Gasteiger partial charge in [-0.1, -0.05) is 6.07 Å². The molecule has 1 amide bonds. The average Bonchev–Trinajstić information content (AvgIpc) is 2.86. The summed E-state index contributed by atoms with van der Waals surface area (Å²) in [6, 6.07) is 4.78. The summed E-state index contributed by atoms with van der Waals surface area (Å²) in [4.78, 5) is 13.7. The topological polar surface area (TPSA) is 32.3 Å². The fourth-order valence-corrected chi connectivity index (χ4v) is 2.19. The number of carbonyl (C=O) groups excluding carboxylic acids is 1. The zero-order valence-electron chi connectivity index (χ0n) is 10.5. The molecule has 1 heterocycles. The van der Waals surface area contributed by atoms with E-state index in [-0.39, 0.29) is 17.5 Å². The molecule has 1 atom stereocenters. The molecule has 0 saturated carbocycles. The predicted molar refractivity (Wildman–Crippen MR) is 64.8 cm³/mol. The Morgan fingerprint density at radius 3 is 2.74 bits per heavy atom. The van der Waals surface area contributed by atoms with Gasteiger partial charge in [-0.05, 0) is 31.7 Å². The maximum Gasteiger partial charge on any atom is 0.416 e. The molecule has 0 aliphatic carbocycles. The number of nitrogens with zero attached hydrogens (tertiary/aromatic N) is 1. The van der Waals surface area contributed by atoms with Crippen LogP contribution < -0.4 is 5.32 Å². The smallest absolute Gasteiger partial charge is 0.337 e. The molecule has 1 aromatic carbocycles. The first-order valence-electron chi connectivity index (χ1n) is 6.05. The van der Waals surface area contributed by atoms with Crippen LogP contribution in [0.15, 0.2) is 24.3 Å². The highest BCUT2D eigenvalue weighted by Gasteiger charge is 2.32. The predicted octanol–water partition coefficient (Wildman–Crippen LogP) is 2.14. The van der Waals surface area contributed by atoms with Crippen LogP contribution in [0, 0.1) is 0 Å². The van der Waals surface area contributed by atoms with Crippen molar-refractivity contribution < 1.29 is 18.0 Å². The van der Waals surface area contributed by atoms with Crippen LogP contribution >= 0.6 is 0 Å². The van der Waals surface area contributed by atoms with Crippen molar-refractivity contribution in [1.29, 1.82) is 0 Å². The number of benzene rings is 1. The van der Waals surface area contributed by atoms with Crippen molar-refractivity contribution in [3.63, 3.8) is 0 Å². The van der Waals surface area contributed by atoms with E-state index in [0.29, 0.717) is 13.1 Å². The maximum absolute atomic E-state index is 12.6. The Bertz CT molecular complexity index is 473. The lowest BCUT2D eigenvalue weighted by molar-refractivity contribution is -0.137. The molecule has 104 valence electrons. The standard InChI is InChI=1S/C13H15F3N2O/c1-17-11-5-6-18(8-11)12(19)9-3-2-4-10(7-9)13(14,15)16/h2-4,7,11,17H,5-6,8H2,1H3/t11-/m0/s1. The van der Waals surface area contributed by atoms with Crippen LogP contribution in [0.1, 0.15) is 22.3 Å². The summed E-state index contributed by atoms with van der Waals surface area (Å²) in [5.74, 6) is -0.344. The highest BCUT2D eigenvalue weighted by atomic mass is 19.4. The number of alkyl halides is 3. The van der Waals surface area contributed by atoms with Crippen molar-refractivity contribution in [1.82, 2.24) is 10.2 Å². The minimum absolute atomic E-state index is 0.0894. The van der Waals surface area contributed by atoms with Crippen molar-refractivity contribution in [3.05, 3.63) is 35.4 Å². The minimum atomic E-state index is -4.42. The molecule has 6 heteroatoms. The van der Waals surface area contributed by atoms with Crippen LogP contribution in [0.5, 0.6) is 0 Å². The lowest BCUT2D eigenvalue weighted by atomic mass is 10.1. The maximum atomic E-state index is 12.6. The van der Waals surface area contributed by atoms with Gasteiger partial charge in [0.2, 0.25) is 0 Å². The molecule has 1 aliphatic heterocycles. The normalized spacial score (nSPS) is 19.8. The molecule has 0 unspecified atom stereocenters. The van der Waals surface area contributed by atoms with E-state index in [9.17, 15) is 18.0 Å². The first kappa shape index (κ1) is 13.9. The van der Waals surface area contributed by atoms with Crippen molar-refractivity contribution in [2.24, 2.45) is 0 Å². The number of carbonyl (C=O) groups is 1. The first-order chi connectivity index (χ1) is 8.91. The van der Waals surface area contributed by atoms with E-state index >= 15 is 0 Å². The van der Waals surface area contributed by atoms with Gasteiger partial charge in [0.1, 0.15) is 0 Å². The first-order valence-corrected chi connectivity index (χ1v) is 6.05. The lowest BCUT2D eigenvalue weighted by Gasteiger charge is -2.17. The lowest BCUT2D eigenvalue weighted by Crippen LogP contribution is -2.33. The van der Waals surface area contributed by atoms with E-state index in [1.54, 1.807) is 4.90 Å². The summed E-state index contributed by atoms with van der Waals surface area (Å²) in [6.07, 6.45) is -3.60. The van der Waals surface area contributed by atoms with Crippen molar-refractivity contribution in [2.45, 2.75) is 18.6 Å². The monoisotopic (exact) mass is 272 g/mol. The van der Waals surface area contributed by atoms with Gasteiger partial charge in [-0.15, -0.1) is 0 Å². The number of rotatable bonds is 2. The summed E-state index contributed by atoms with van der Waals surface area (Å²) < 4.78 is 37.8. The van der Waals surface area contributed by atoms with Gasteiger partial charge in [0.05, 0.1) is 5.56 Å². The van der Waals surface area contributed by atoms with E-state index in [4.69, 9.17) is 0 Å². The third kappa shape index (κ3) is 3.07. The molecule has 0 bridgehead atoms. The third-order valence-electron chi connectivity index (χ3n) is 3.32. The number of likely N-dealkylation sites (tertiary alicyclic amines) is 1. The van der Waals surface area contributed by atoms with Gasteiger partial charge in [0.25, 0.3) is 5.91 Å². The molecular formula is C13H15F3N2O. The fraction of sp³-hybridized carbons (Fsp3) is 0.462. The second kappa shape index (κ2) is 5.21. The highest BCUT2D eigenvalue weighted by molar-refractivity contribution is 5.94. The SMILES string of the molecule is CN[C@H]1CCN(C(=O)c2cccc(C(F)(F)F)c2)C1. The second-order valence-corrected chi connectivity index (χ2v) is 4.60. The largest absolute Gasteiger partial charge is 0.416 e.